The van der Waals surface area contributed by atoms with E-state index < -0.39 is 75.5 Å². The maximum atomic E-state index is 14.4. The zero-order valence-electron chi connectivity index (χ0n) is 20.1. The number of alkyl halides is 11. The summed E-state index contributed by atoms with van der Waals surface area (Å²) in [7, 11) is -4.78. The van der Waals surface area contributed by atoms with Crippen molar-refractivity contribution in [2.75, 3.05) is 0 Å². The molecule has 5 nitrogen and oxygen atoms in total. The number of thiophene rings is 1. The molecule has 0 radical (unpaired) electrons. The predicted octanol–water partition coefficient (Wildman–Crippen LogP) is 7.20. The second kappa shape index (κ2) is 12.0. The first-order valence-corrected chi connectivity index (χ1v) is 13.4. The van der Waals surface area contributed by atoms with Gasteiger partial charge in [0.15, 0.2) is 0 Å². The Balaban J connectivity index is 2.45. The lowest BCUT2D eigenvalue weighted by Crippen LogP contribution is -2.70. The molecular formula is C22H19F12NO4S2. The fourth-order valence-corrected chi connectivity index (χ4v) is 5.97. The number of aryl methyl sites for hydroxylation is 1. The molecule has 0 saturated carbocycles. The lowest BCUT2D eigenvalue weighted by molar-refractivity contribution is -0.427. The van der Waals surface area contributed by atoms with Gasteiger partial charge in [0.05, 0.1) is 10.9 Å². The van der Waals surface area contributed by atoms with Crippen LogP contribution in [0.3, 0.4) is 0 Å². The molecule has 0 bridgehead atoms. The van der Waals surface area contributed by atoms with Gasteiger partial charge in [-0.05, 0) is 55.7 Å². The molecule has 2 aromatic rings. The van der Waals surface area contributed by atoms with Gasteiger partial charge in [-0.3, -0.25) is 4.79 Å². The summed E-state index contributed by atoms with van der Waals surface area (Å²) in [6, 6.07) is 3.17. The van der Waals surface area contributed by atoms with Gasteiger partial charge in [-0.25, -0.2) is 21.9 Å². The summed E-state index contributed by atoms with van der Waals surface area (Å²) in [5.41, 5.74) is -7.65. The van der Waals surface area contributed by atoms with Crippen molar-refractivity contribution in [2.24, 2.45) is 0 Å². The fourth-order valence-electron chi connectivity index (χ4n) is 3.51. The number of nitrogens with one attached hydrogen (secondary N) is 1. The summed E-state index contributed by atoms with van der Waals surface area (Å²) in [5.74, 6) is -15.8. The van der Waals surface area contributed by atoms with Crippen molar-refractivity contribution in [2.45, 2.75) is 72.9 Å². The van der Waals surface area contributed by atoms with E-state index in [2.05, 4.69) is 0 Å². The maximum absolute atomic E-state index is 14.4. The number of hydrogen-bond acceptors (Lipinski definition) is 4. The van der Waals surface area contributed by atoms with Crippen molar-refractivity contribution in [1.82, 2.24) is 4.72 Å². The second-order valence-corrected chi connectivity index (χ2v) is 11.6. The molecule has 1 aromatic carbocycles. The Hall–Kier alpha value is -2.54. The number of aliphatic carboxylic acids is 1. The van der Waals surface area contributed by atoms with Gasteiger partial charge in [-0.2, -0.15) is 43.9 Å². The monoisotopic (exact) mass is 653 g/mol. The number of benzene rings is 1. The Bertz CT molecular complexity index is 1290. The van der Waals surface area contributed by atoms with Gasteiger partial charge in [0.25, 0.3) is 0 Å². The van der Waals surface area contributed by atoms with Crippen LogP contribution in [-0.4, -0.2) is 49.4 Å². The summed E-state index contributed by atoms with van der Waals surface area (Å²) >= 11 is 0.657. The maximum Gasteiger partial charge on any atom is 0.438 e. The van der Waals surface area contributed by atoms with Crippen LogP contribution in [0.5, 0.6) is 0 Å². The number of rotatable bonds is 13. The van der Waals surface area contributed by atoms with E-state index in [9.17, 15) is 65.9 Å². The van der Waals surface area contributed by atoms with Crippen molar-refractivity contribution >= 4 is 27.3 Å². The first kappa shape index (κ1) is 34.7. The molecular weight excluding hydrogens is 634 g/mol. The van der Waals surface area contributed by atoms with Crippen molar-refractivity contribution in [1.29, 1.82) is 0 Å². The number of hydrogen-bond donors (Lipinski definition) is 2. The summed E-state index contributed by atoms with van der Waals surface area (Å²) < 4.78 is 189. The van der Waals surface area contributed by atoms with Crippen LogP contribution in [0.4, 0.5) is 52.7 Å². The average Bonchev–Trinajstić information content (AvgIpc) is 3.28. The van der Waals surface area contributed by atoms with Crippen LogP contribution in [0.2, 0.25) is 0 Å². The van der Waals surface area contributed by atoms with E-state index in [0.717, 1.165) is 6.07 Å². The van der Waals surface area contributed by atoms with Crippen LogP contribution in [0, 0.1) is 5.82 Å². The van der Waals surface area contributed by atoms with E-state index in [0.29, 0.717) is 40.5 Å². The van der Waals surface area contributed by atoms with Crippen LogP contribution in [0.1, 0.15) is 41.5 Å². The van der Waals surface area contributed by atoms with Crippen LogP contribution < -0.4 is 4.72 Å². The molecule has 1 heterocycles. The number of sulfonamides is 1. The zero-order chi connectivity index (χ0) is 31.7. The van der Waals surface area contributed by atoms with Crippen LogP contribution in [0.25, 0.3) is 0 Å². The molecule has 0 aliphatic heterocycles. The highest BCUT2D eigenvalue weighted by atomic mass is 32.2. The predicted molar refractivity (Wildman–Crippen MR) is 119 cm³/mol. The first-order valence-electron chi connectivity index (χ1n) is 11.1. The molecule has 2 rings (SSSR count). The Morgan fingerprint density at radius 2 is 1.41 bits per heavy atom. The minimum atomic E-state index is -7.65. The molecule has 0 saturated heterocycles. The summed E-state index contributed by atoms with van der Waals surface area (Å²) in [6.45, 7) is 0. The standard InChI is InChI=1S/C22H19F12NO4S2/c23-12-4-7-14(8-5-12)41(38,39)35-15(16-9-6-13(40-16)2-1-3-17(36)37)10-11-18(24,25)20(27,28)19(26,21(29,30)31)22(32,33)34/h4-9,15,35H,1-3,10-11H2,(H,36,37). The lowest BCUT2D eigenvalue weighted by Gasteiger charge is -2.39. The Labute approximate surface area is 228 Å². The smallest absolute Gasteiger partial charge is 0.438 e. The molecule has 19 heteroatoms. The molecule has 0 amide bonds. The van der Waals surface area contributed by atoms with Crippen LogP contribution in [-0.2, 0) is 21.2 Å². The highest BCUT2D eigenvalue weighted by molar-refractivity contribution is 7.89. The van der Waals surface area contributed by atoms with Crippen molar-refractivity contribution < 1.29 is 71.0 Å². The van der Waals surface area contributed by atoms with Crippen molar-refractivity contribution in [3.63, 3.8) is 0 Å². The van der Waals surface area contributed by atoms with Gasteiger partial charge >= 0.3 is 35.8 Å². The van der Waals surface area contributed by atoms with Gasteiger partial charge in [0.1, 0.15) is 5.82 Å². The molecule has 1 unspecified atom stereocenters. The largest absolute Gasteiger partial charge is 0.481 e. The number of halogens is 12. The molecule has 0 fully saturated rings. The van der Waals surface area contributed by atoms with Gasteiger partial charge in [-0.1, -0.05) is 0 Å². The quantitative estimate of drug-likeness (QED) is 0.224. The van der Waals surface area contributed by atoms with E-state index in [1.165, 1.54) is 6.07 Å². The first-order chi connectivity index (χ1) is 18.5. The van der Waals surface area contributed by atoms with Gasteiger partial charge in [-0.15, -0.1) is 11.3 Å². The van der Waals surface area contributed by atoms with E-state index in [4.69, 9.17) is 5.11 Å². The molecule has 0 aliphatic rings. The average molecular weight is 654 g/mol. The Morgan fingerprint density at radius 3 is 1.90 bits per heavy atom. The minimum Gasteiger partial charge on any atom is -0.481 e. The van der Waals surface area contributed by atoms with Crippen LogP contribution >= 0.6 is 11.3 Å². The molecule has 1 atom stereocenters. The zero-order valence-corrected chi connectivity index (χ0v) is 21.7. The third kappa shape index (κ3) is 7.46. The number of carbonyl (C=O) groups is 1. The SMILES string of the molecule is O=C(O)CCCc1ccc(C(CCC(F)(F)C(F)(F)C(F)(C(F)(F)F)C(F)(F)F)NS(=O)(=O)c2ccc(F)cc2)s1. The van der Waals surface area contributed by atoms with E-state index in [-0.39, 0.29) is 24.1 Å². The summed E-state index contributed by atoms with van der Waals surface area (Å²) in [4.78, 5) is 10.1. The molecule has 1 aromatic heterocycles. The third-order valence-electron chi connectivity index (χ3n) is 5.68. The minimum absolute atomic E-state index is 0.0546. The van der Waals surface area contributed by atoms with Gasteiger partial charge < -0.3 is 5.11 Å². The fraction of sp³-hybridized carbons (Fsp3) is 0.500. The third-order valence-corrected chi connectivity index (χ3v) is 8.43. The summed E-state index contributed by atoms with van der Waals surface area (Å²) in [6.07, 6.45) is -19.3. The normalized spacial score (nSPS) is 14.7. The van der Waals surface area contributed by atoms with Crippen LogP contribution in [0.15, 0.2) is 41.3 Å². The van der Waals surface area contributed by atoms with Gasteiger partial charge in [0.2, 0.25) is 10.0 Å². The molecule has 0 spiro atoms. The molecule has 2 N–H and O–H groups in total. The van der Waals surface area contributed by atoms with E-state index in [1.807, 2.05) is 0 Å². The molecule has 41 heavy (non-hydrogen) atoms. The molecule has 0 aliphatic carbocycles. The van der Waals surface area contributed by atoms with Crippen molar-refractivity contribution in [3.8, 4) is 0 Å². The highest BCUT2D eigenvalue weighted by Crippen LogP contribution is 2.60. The van der Waals surface area contributed by atoms with E-state index in [1.54, 1.807) is 4.72 Å². The second-order valence-electron chi connectivity index (χ2n) is 8.65. The lowest BCUT2D eigenvalue weighted by atomic mass is 9.88. The Morgan fingerprint density at radius 1 is 0.878 bits per heavy atom. The topological polar surface area (TPSA) is 83.5 Å². The highest BCUT2D eigenvalue weighted by Gasteiger charge is 2.89. The van der Waals surface area contributed by atoms with E-state index >= 15 is 0 Å². The van der Waals surface area contributed by atoms with Crippen molar-refractivity contribution in [3.05, 3.63) is 52.0 Å². The number of carboxylic acid groups (broad SMARTS) is 1. The molecule has 232 valence electrons. The summed E-state index contributed by atoms with van der Waals surface area (Å²) in [5, 5.41) is 8.71. The van der Waals surface area contributed by atoms with Gasteiger partial charge in [0, 0.05) is 22.6 Å². The number of carboxylic acids is 1. The Kier molecular flexibility index (Phi) is 10.1.